The van der Waals surface area contributed by atoms with Crippen LogP contribution in [0.1, 0.15) is 27.7 Å². The molecular weight excluding hydrogens is 258 g/mol. The molecule has 0 aromatic carbocycles. The first-order chi connectivity index (χ1) is 9.45. The SMILES string of the molecule is CCN(CC)c1nc(NN)nc(NCC(C)(C)CO)n1. The molecule has 8 heteroatoms. The Morgan fingerprint density at radius 2 is 1.75 bits per heavy atom. The predicted molar refractivity (Wildman–Crippen MR) is 80.6 cm³/mol. The molecular formula is C12H25N7O. The molecule has 1 aromatic heterocycles. The normalized spacial score (nSPS) is 11.3. The minimum atomic E-state index is -0.252. The predicted octanol–water partition coefficient (Wildman–Crippen LogP) is 0.434. The van der Waals surface area contributed by atoms with Crippen LogP contribution in [0.5, 0.6) is 0 Å². The lowest BCUT2D eigenvalue weighted by Gasteiger charge is -2.23. The Morgan fingerprint density at radius 3 is 2.25 bits per heavy atom. The van der Waals surface area contributed by atoms with Crippen molar-refractivity contribution in [1.29, 1.82) is 0 Å². The van der Waals surface area contributed by atoms with Crippen molar-refractivity contribution in [3.8, 4) is 0 Å². The van der Waals surface area contributed by atoms with E-state index in [9.17, 15) is 5.11 Å². The first-order valence-corrected chi connectivity index (χ1v) is 6.78. The summed E-state index contributed by atoms with van der Waals surface area (Å²) in [6.45, 7) is 10.2. The highest BCUT2D eigenvalue weighted by Gasteiger charge is 2.17. The van der Waals surface area contributed by atoms with E-state index in [2.05, 4.69) is 25.7 Å². The Labute approximate surface area is 119 Å². The molecule has 1 aromatic rings. The van der Waals surface area contributed by atoms with Crippen LogP contribution < -0.4 is 21.5 Å². The number of nitrogens with one attached hydrogen (secondary N) is 2. The third kappa shape index (κ3) is 4.46. The molecule has 0 spiro atoms. The Kier molecular flexibility index (Phi) is 5.90. The molecule has 114 valence electrons. The second-order valence-electron chi connectivity index (χ2n) is 5.28. The second kappa shape index (κ2) is 7.20. The third-order valence-corrected chi connectivity index (χ3v) is 2.95. The van der Waals surface area contributed by atoms with Gasteiger partial charge in [-0.2, -0.15) is 15.0 Å². The van der Waals surface area contributed by atoms with Gasteiger partial charge in [-0.1, -0.05) is 13.8 Å². The number of aromatic nitrogens is 3. The highest BCUT2D eigenvalue weighted by Crippen LogP contribution is 2.16. The minimum absolute atomic E-state index is 0.0793. The zero-order valence-electron chi connectivity index (χ0n) is 12.6. The lowest BCUT2D eigenvalue weighted by molar-refractivity contribution is 0.170. The zero-order chi connectivity index (χ0) is 15.2. The molecule has 0 fully saturated rings. The van der Waals surface area contributed by atoms with E-state index >= 15 is 0 Å². The van der Waals surface area contributed by atoms with E-state index in [1.807, 2.05) is 32.6 Å². The molecule has 0 saturated carbocycles. The molecule has 0 bridgehead atoms. The first-order valence-electron chi connectivity index (χ1n) is 6.78. The smallest absolute Gasteiger partial charge is 0.243 e. The fourth-order valence-electron chi connectivity index (χ4n) is 1.53. The van der Waals surface area contributed by atoms with Crippen LogP contribution in [0.3, 0.4) is 0 Å². The van der Waals surface area contributed by atoms with E-state index < -0.39 is 0 Å². The topological polar surface area (TPSA) is 112 Å². The molecule has 1 heterocycles. The average molecular weight is 283 g/mol. The maximum atomic E-state index is 9.26. The monoisotopic (exact) mass is 283 g/mol. The molecule has 0 aliphatic heterocycles. The molecule has 8 nitrogen and oxygen atoms in total. The number of rotatable bonds is 8. The molecule has 0 saturated heterocycles. The highest BCUT2D eigenvalue weighted by atomic mass is 16.3. The van der Waals surface area contributed by atoms with Crippen molar-refractivity contribution in [3.63, 3.8) is 0 Å². The number of nitrogen functional groups attached to an aromatic ring is 1. The number of aliphatic hydroxyl groups is 1. The van der Waals surface area contributed by atoms with Gasteiger partial charge in [-0.15, -0.1) is 0 Å². The Morgan fingerprint density at radius 1 is 1.15 bits per heavy atom. The molecule has 0 unspecified atom stereocenters. The number of anilines is 3. The Balaban J connectivity index is 2.93. The summed E-state index contributed by atoms with van der Waals surface area (Å²) in [6, 6.07) is 0. The van der Waals surface area contributed by atoms with Gasteiger partial charge < -0.3 is 15.3 Å². The summed E-state index contributed by atoms with van der Waals surface area (Å²) in [5.74, 6) is 6.71. The van der Waals surface area contributed by atoms with Gasteiger partial charge in [0.15, 0.2) is 0 Å². The standard InChI is InChI=1S/C12H25N7O/c1-5-19(6-2)11-16-9(15-10(17-11)18-13)14-7-12(3,4)8-20/h20H,5-8,13H2,1-4H3,(H2,14,15,16,17,18). The van der Waals surface area contributed by atoms with Crippen LogP contribution in [-0.4, -0.2) is 46.3 Å². The van der Waals surface area contributed by atoms with Gasteiger partial charge in [0, 0.05) is 31.7 Å². The van der Waals surface area contributed by atoms with E-state index in [1.54, 1.807) is 0 Å². The highest BCUT2D eigenvalue weighted by molar-refractivity contribution is 5.43. The van der Waals surface area contributed by atoms with Crippen molar-refractivity contribution in [3.05, 3.63) is 0 Å². The molecule has 0 radical (unpaired) electrons. The molecule has 0 aliphatic rings. The van der Waals surface area contributed by atoms with Gasteiger partial charge in [-0.25, -0.2) is 5.84 Å². The van der Waals surface area contributed by atoms with Crippen LogP contribution in [0.15, 0.2) is 0 Å². The fraction of sp³-hybridized carbons (Fsp3) is 0.750. The van der Waals surface area contributed by atoms with Gasteiger partial charge in [0.2, 0.25) is 17.8 Å². The molecule has 1 rings (SSSR count). The van der Waals surface area contributed by atoms with Gasteiger partial charge in [0.25, 0.3) is 0 Å². The maximum Gasteiger partial charge on any atom is 0.243 e. The number of aliphatic hydroxyl groups excluding tert-OH is 1. The van der Waals surface area contributed by atoms with Gasteiger partial charge >= 0.3 is 0 Å². The minimum Gasteiger partial charge on any atom is -0.396 e. The summed E-state index contributed by atoms with van der Waals surface area (Å²) < 4.78 is 0. The summed E-state index contributed by atoms with van der Waals surface area (Å²) in [5, 5.41) is 12.4. The maximum absolute atomic E-state index is 9.26. The lowest BCUT2D eigenvalue weighted by Crippen LogP contribution is -2.29. The molecule has 5 N–H and O–H groups in total. The first kappa shape index (κ1) is 16.4. The summed E-state index contributed by atoms with van der Waals surface area (Å²) >= 11 is 0. The van der Waals surface area contributed by atoms with Crippen LogP contribution in [0.25, 0.3) is 0 Å². The van der Waals surface area contributed by atoms with Crippen molar-refractivity contribution >= 4 is 17.8 Å². The average Bonchev–Trinajstić information content (AvgIpc) is 2.46. The van der Waals surface area contributed by atoms with E-state index in [0.29, 0.717) is 24.4 Å². The molecule has 0 aliphatic carbocycles. The van der Waals surface area contributed by atoms with Gasteiger partial charge in [0.05, 0.1) is 0 Å². The largest absolute Gasteiger partial charge is 0.396 e. The van der Waals surface area contributed by atoms with Crippen LogP contribution in [-0.2, 0) is 0 Å². The van der Waals surface area contributed by atoms with Crippen LogP contribution in [0, 0.1) is 5.41 Å². The van der Waals surface area contributed by atoms with Crippen molar-refractivity contribution in [2.45, 2.75) is 27.7 Å². The second-order valence-corrected chi connectivity index (χ2v) is 5.28. The van der Waals surface area contributed by atoms with Crippen molar-refractivity contribution in [1.82, 2.24) is 15.0 Å². The molecule has 0 amide bonds. The number of hydrazine groups is 1. The van der Waals surface area contributed by atoms with Crippen molar-refractivity contribution < 1.29 is 5.11 Å². The van der Waals surface area contributed by atoms with Crippen LogP contribution in [0.4, 0.5) is 17.8 Å². The number of nitrogens with two attached hydrogens (primary N) is 1. The Bertz CT molecular complexity index is 420. The van der Waals surface area contributed by atoms with Gasteiger partial charge in [0.1, 0.15) is 0 Å². The zero-order valence-corrected chi connectivity index (χ0v) is 12.6. The van der Waals surface area contributed by atoms with Gasteiger partial charge in [-0.05, 0) is 13.8 Å². The number of hydrogen-bond donors (Lipinski definition) is 4. The van der Waals surface area contributed by atoms with Crippen LogP contribution in [0.2, 0.25) is 0 Å². The van der Waals surface area contributed by atoms with Crippen molar-refractivity contribution in [2.75, 3.05) is 41.9 Å². The van der Waals surface area contributed by atoms with E-state index in [0.717, 1.165) is 13.1 Å². The van der Waals surface area contributed by atoms with E-state index in [-0.39, 0.29) is 12.0 Å². The third-order valence-electron chi connectivity index (χ3n) is 2.95. The summed E-state index contributed by atoms with van der Waals surface area (Å²) in [4.78, 5) is 14.8. The van der Waals surface area contributed by atoms with Crippen molar-refractivity contribution in [2.24, 2.45) is 11.3 Å². The van der Waals surface area contributed by atoms with Gasteiger partial charge in [-0.3, -0.25) is 5.43 Å². The Hall–Kier alpha value is -1.67. The number of hydrogen-bond acceptors (Lipinski definition) is 8. The molecule has 0 atom stereocenters. The number of nitrogens with zero attached hydrogens (tertiary/aromatic N) is 4. The lowest BCUT2D eigenvalue weighted by atomic mass is 9.95. The quantitative estimate of drug-likeness (QED) is 0.401. The molecule has 20 heavy (non-hydrogen) atoms. The summed E-state index contributed by atoms with van der Waals surface area (Å²) in [7, 11) is 0. The van der Waals surface area contributed by atoms with E-state index in [1.165, 1.54) is 0 Å². The van der Waals surface area contributed by atoms with Crippen LogP contribution >= 0.6 is 0 Å². The summed E-state index contributed by atoms with van der Waals surface area (Å²) in [6.07, 6.45) is 0. The van der Waals surface area contributed by atoms with E-state index in [4.69, 9.17) is 5.84 Å². The fourth-order valence-corrected chi connectivity index (χ4v) is 1.53. The summed E-state index contributed by atoms with van der Waals surface area (Å²) in [5.41, 5.74) is 2.19.